The first-order valence-electron chi connectivity index (χ1n) is 10.8. The summed E-state index contributed by atoms with van der Waals surface area (Å²) in [5.41, 5.74) is -1.77. The number of methoxy groups -OCH3 is 1. The number of esters is 4. The van der Waals surface area contributed by atoms with Gasteiger partial charge >= 0.3 is 23.9 Å². The molecule has 4 rings (SSSR count). The molecule has 180 valence electrons. The normalized spacial score (nSPS) is 43.1. The molecule has 10 heteroatoms. The van der Waals surface area contributed by atoms with Crippen LogP contribution in [-0.2, 0) is 47.6 Å². The van der Waals surface area contributed by atoms with E-state index in [1.807, 2.05) is 6.92 Å². The highest BCUT2D eigenvalue weighted by atomic mass is 16.7. The van der Waals surface area contributed by atoms with Gasteiger partial charge in [0.15, 0.2) is 17.8 Å². The van der Waals surface area contributed by atoms with E-state index >= 15 is 0 Å². The molecule has 0 aromatic heterocycles. The second-order valence-corrected chi connectivity index (χ2v) is 9.23. The lowest BCUT2D eigenvalue weighted by Crippen LogP contribution is -2.49. The van der Waals surface area contributed by atoms with Crippen LogP contribution in [0.4, 0.5) is 0 Å². The Balaban J connectivity index is 1.82. The Morgan fingerprint density at radius 2 is 1.85 bits per heavy atom. The van der Waals surface area contributed by atoms with Crippen LogP contribution in [0.1, 0.15) is 40.5 Å². The molecule has 33 heavy (non-hydrogen) atoms. The molecule has 0 spiro atoms. The Kier molecular flexibility index (Phi) is 5.65. The molecule has 0 aromatic carbocycles. The Labute approximate surface area is 191 Å². The van der Waals surface area contributed by atoms with Gasteiger partial charge < -0.3 is 28.4 Å². The van der Waals surface area contributed by atoms with Gasteiger partial charge in [0, 0.05) is 12.5 Å². The van der Waals surface area contributed by atoms with Crippen molar-refractivity contribution in [3.8, 4) is 0 Å². The second kappa shape index (κ2) is 7.95. The molecule has 0 amide bonds. The summed E-state index contributed by atoms with van der Waals surface area (Å²) in [6, 6.07) is 0. The van der Waals surface area contributed by atoms with Crippen LogP contribution in [0.25, 0.3) is 0 Å². The zero-order valence-electron chi connectivity index (χ0n) is 19.2. The van der Waals surface area contributed by atoms with Crippen molar-refractivity contribution in [1.29, 1.82) is 0 Å². The standard InChI is InChI=1S/C23H28O10/c1-10-14-16(31-21(27)23(5)11(2)32-23)15(29-12(3)24)13(20(26)28-6)8-7-9-22(4)18(33-22)17(14)30-19(10)25/h8,11,14-18H,1,7,9H2,2-6H3/b13-8+/t11-,14+,15-,16-,17-,18+,22+,23-/m0/s1. The van der Waals surface area contributed by atoms with Crippen molar-refractivity contribution in [3.05, 3.63) is 23.8 Å². The highest BCUT2D eigenvalue weighted by Crippen LogP contribution is 2.51. The van der Waals surface area contributed by atoms with Crippen molar-refractivity contribution in [1.82, 2.24) is 0 Å². The van der Waals surface area contributed by atoms with Gasteiger partial charge in [0.1, 0.15) is 12.2 Å². The molecule has 3 heterocycles. The van der Waals surface area contributed by atoms with E-state index in [9.17, 15) is 19.2 Å². The average Bonchev–Trinajstić information content (AvgIpc) is 3.57. The third kappa shape index (κ3) is 3.95. The van der Waals surface area contributed by atoms with Crippen LogP contribution in [0, 0.1) is 5.92 Å². The van der Waals surface area contributed by atoms with Crippen molar-refractivity contribution < 1.29 is 47.6 Å². The lowest BCUT2D eigenvalue weighted by Gasteiger charge is -2.34. The molecule has 4 aliphatic rings. The molecule has 0 N–H and O–H groups in total. The molecule has 0 bridgehead atoms. The van der Waals surface area contributed by atoms with Crippen LogP contribution >= 0.6 is 0 Å². The lowest BCUT2D eigenvalue weighted by molar-refractivity contribution is -0.175. The molecular formula is C23H28O10. The van der Waals surface area contributed by atoms with Gasteiger partial charge in [0.25, 0.3) is 0 Å². The monoisotopic (exact) mass is 464 g/mol. The van der Waals surface area contributed by atoms with Crippen LogP contribution in [0.2, 0.25) is 0 Å². The lowest BCUT2D eigenvalue weighted by atomic mass is 9.80. The van der Waals surface area contributed by atoms with Crippen LogP contribution in [0.3, 0.4) is 0 Å². The minimum Gasteiger partial charge on any atom is -0.466 e. The number of rotatable bonds is 4. The van der Waals surface area contributed by atoms with Gasteiger partial charge in [-0.1, -0.05) is 12.7 Å². The van der Waals surface area contributed by atoms with Crippen molar-refractivity contribution >= 4 is 23.9 Å². The summed E-state index contributed by atoms with van der Waals surface area (Å²) >= 11 is 0. The maximum atomic E-state index is 13.1. The molecule has 3 saturated heterocycles. The van der Waals surface area contributed by atoms with Gasteiger partial charge in [0.2, 0.25) is 0 Å². The smallest absolute Gasteiger partial charge is 0.341 e. The topological polar surface area (TPSA) is 130 Å². The summed E-state index contributed by atoms with van der Waals surface area (Å²) in [6.45, 7) is 10.2. The van der Waals surface area contributed by atoms with E-state index in [-0.39, 0.29) is 17.3 Å². The number of epoxide rings is 2. The molecule has 3 aliphatic heterocycles. The van der Waals surface area contributed by atoms with Crippen LogP contribution in [0.15, 0.2) is 23.8 Å². The summed E-state index contributed by atoms with van der Waals surface area (Å²) in [5, 5.41) is 0. The van der Waals surface area contributed by atoms with Crippen molar-refractivity contribution in [2.24, 2.45) is 5.92 Å². The number of fused-ring (bicyclic) bond motifs is 3. The molecule has 10 nitrogen and oxygen atoms in total. The Bertz CT molecular complexity index is 953. The molecule has 0 unspecified atom stereocenters. The minimum atomic E-state index is -1.36. The summed E-state index contributed by atoms with van der Waals surface area (Å²) in [5.74, 6) is -3.79. The SMILES string of the molecule is C=C1C(=O)O[C@H]2[C@H]1[C@H](OC(=O)[C@@]1(C)O[C@H]1C)[C@@H](OC(C)=O)/C(C(=O)OC)=C\CC[C@@]1(C)O[C@H]21. The largest absolute Gasteiger partial charge is 0.466 e. The number of carbonyl (C=O) groups is 4. The van der Waals surface area contributed by atoms with Crippen LogP contribution in [-0.4, -0.2) is 72.7 Å². The first-order chi connectivity index (χ1) is 15.4. The third-order valence-corrected chi connectivity index (χ3v) is 6.97. The van der Waals surface area contributed by atoms with Crippen LogP contribution < -0.4 is 0 Å². The fourth-order valence-corrected chi connectivity index (χ4v) is 4.66. The molecule has 0 saturated carbocycles. The number of carbonyl (C=O) groups excluding carboxylic acids is 4. The van der Waals surface area contributed by atoms with E-state index in [0.717, 1.165) is 0 Å². The van der Waals surface area contributed by atoms with E-state index in [1.54, 1.807) is 19.9 Å². The molecule has 8 atom stereocenters. The van der Waals surface area contributed by atoms with E-state index in [4.69, 9.17) is 28.4 Å². The fraction of sp³-hybridized carbons (Fsp3) is 0.652. The maximum absolute atomic E-state index is 13.1. The van der Waals surface area contributed by atoms with E-state index < -0.39 is 65.4 Å². The molecule has 0 radical (unpaired) electrons. The highest BCUT2D eigenvalue weighted by Gasteiger charge is 2.66. The number of ether oxygens (including phenoxy) is 6. The first-order valence-corrected chi connectivity index (χ1v) is 10.8. The molecule has 0 aromatic rings. The number of allylic oxidation sites excluding steroid dienone is 1. The predicted molar refractivity (Wildman–Crippen MR) is 110 cm³/mol. The Morgan fingerprint density at radius 1 is 1.18 bits per heavy atom. The summed E-state index contributed by atoms with van der Waals surface area (Å²) in [4.78, 5) is 50.4. The summed E-state index contributed by atoms with van der Waals surface area (Å²) in [6.07, 6.45) is -1.87. The van der Waals surface area contributed by atoms with Gasteiger partial charge in [0.05, 0.1) is 30.3 Å². The minimum absolute atomic E-state index is 0.00554. The van der Waals surface area contributed by atoms with Crippen molar-refractivity contribution in [3.63, 3.8) is 0 Å². The van der Waals surface area contributed by atoms with E-state index in [1.165, 1.54) is 14.0 Å². The molecular weight excluding hydrogens is 436 g/mol. The third-order valence-electron chi connectivity index (χ3n) is 6.97. The first kappa shape index (κ1) is 23.4. The van der Waals surface area contributed by atoms with Gasteiger partial charge in [-0.2, -0.15) is 0 Å². The Hall–Kier alpha value is -2.72. The van der Waals surface area contributed by atoms with Gasteiger partial charge in [-0.3, -0.25) is 4.79 Å². The zero-order chi connectivity index (χ0) is 24.3. The maximum Gasteiger partial charge on any atom is 0.341 e. The summed E-state index contributed by atoms with van der Waals surface area (Å²) in [7, 11) is 1.19. The molecule has 3 fully saturated rings. The van der Waals surface area contributed by atoms with Gasteiger partial charge in [-0.15, -0.1) is 0 Å². The second-order valence-electron chi connectivity index (χ2n) is 9.23. The quantitative estimate of drug-likeness (QED) is 0.258. The average molecular weight is 464 g/mol. The van der Waals surface area contributed by atoms with Gasteiger partial charge in [-0.05, 0) is 33.6 Å². The number of hydrogen-bond donors (Lipinski definition) is 0. The van der Waals surface area contributed by atoms with E-state index in [2.05, 4.69) is 6.58 Å². The Morgan fingerprint density at radius 3 is 2.42 bits per heavy atom. The highest BCUT2D eigenvalue weighted by molar-refractivity contribution is 5.93. The predicted octanol–water partition coefficient (Wildman–Crippen LogP) is 1.16. The van der Waals surface area contributed by atoms with Crippen molar-refractivity contribution in [2.75, 3.05) is 7.11 Å². The molecule has 1 aliphatic carbocycles. The van der Waals surface area contributed by atoms with Gasteiger partial charge in [-0.25, -0.2) is 14.4 Å². The van der Waals surface area contributed by atoms with Crippen molar-refractivity contribution in [2.45, 2.75) is 82.3 Å². The van der Waals surface area contributed by atoms with E-state index in [0.29, 0.717) is 12.8 Å². The zero-order valence-corrected chi connectivity index (χ0v) is 19.2. The fourth-order valence-electron chi connectivity index (χ4n) is 4.66. The number of hydrogen-bond acceptors (Lipinski definition) is 10. The summed E-state index contributed by atoms with van der Waals surface area (Å²) < 4.78 is 33.2. The van der Waals surface area contributed by atoms with Crippen LogP contribution in [0.5, 0.6) is 0 Å².